The lowest BCUT2D eigenvalue weighted by Crippen LogP contribution is -2.39. The molecule has 2 bridgehead atoms. The van der Waals surface area contributed by atoms with Crippen LogP contribution in [0.1, 0.15) is 29.9 Å². The first-order chi connectivity index (χ1) is 8.09. The lowest BCUT2D eigenvalue weighted by molar-refractivity contribution is -0.122. The predicted molar refractivity (Wildman–Crippen MR) is 68.0 cm³/mol. The SMILES string of the molecule is NC(=O)C12CCC(C1=C(Cl)Cl)c1ccccc12. The number of carbonyl (C=O) groups excluding carboxylic acids is 1. The summed E-state index contributed by atoms with van der Waals surface area (Å²) in [4.78, 5) is 11.9. The van der Waals surface area contributed by atoms with Crippen molar-refractivity contribution in [1.29, 1.82) is 0 Å². The molecular formula is C13H11Cl2NO. The second kappa shape index (κ2) is 3.50. The van der Waals surface area contributed by atoms with Crippen LogP contribution in [0.25, 0.3) is 0 Å². The van der Waals surface area contributed by atoms with Gasteiger partial charge in [0.15, 0.2) is 0 Å². The van der Waals surface area contributed by atoms with Gasteiger partial charge in [0.05, 0.1) is 5.41 Å². The lowest BCUT2D eigenvalue weighted by Gasteiger charge is -2.25. The number of hydrogen-bond acceptors (Lipinski definition) is 1. The molecule has 0 radical (unpaired) electrons. The van der Waals surface area contributed by atoms with Crippen LogP contribution in [0.15, 0.2) is 34.3 Å². The number of amides is 1. The van der Waals surface area contributed by atoms with E-state index in [1.54, 1.807) is 0 Å². The molecule has 0 aliphatic heterocycles. The van der Waals surface area contributed by atoms with Crippen LogP contribution in [0.3, 0.4) is 0 Å². The minimum atomic E-state index is -0.764. The summed E-state index contributed by atoms with van der Waals surface area (Å²) in [6.07, 6.45) is 1.60. The van der Waals surface area contributed by atoms with E-state index in [1.807, 2.05) is 24.3 Å². The van der Waals surface area contributed by atoms with Gasteiger partial charge >= 0.3 is 0 Å². The van der Waals surface area contributed by atoms with E-state index < -0.39 is 5.41 Å². The molecule has 2 atom stereocenters. The average Bonchev–Trinajstić information content (AvgIpc) is 2.82. The van der Waals surface area contributed by atoms with Gasteiger partial charge in [-0.1, -0.05) is 47.5 Å². The Labute approximate surface area is 109 Å². The predicted octanol–water partition coefficient (Wildman–Crippen LogP) is 2.99. The molecule has 0 spiro atoms. The summed E-state index contributed by atoms with van der Waals surface area (Å²) in [5.74, 6) is -0.192. The van der Waals surface area contributed by atoms with E-state index >= 15 is 0 Å². The molecule has 1 fully saturated rings. The van der Waals surface area contributed by atoms with Crippen LogP contribution in [0.2, 0.25) is 0 Å². The van der Waals surface area contributed by atoms with Gasteiger partial charge in [0.2, 0.25) is 5.91 Å². The van der Waals surface area contributed by atoms with E-state index in [2.05, 4.69) is 0 Å². The third-order valence-corrected chi connectivity index (χ3v) is 4.44. The highest BCUT2D eigenvalue weighted by molar-refractivity contribution is 6.56. The van der Waals surface area contributed by atoms with Gasteiger partial charge in [-0.05, 0) is 29.5 Å². The van der Waals surface area contributed by atoms with Gasteiger partial charge in [-0.15, -0.1) is 0 Å². The second-order valence-corrected chi connectivity index (χ2v) is 5.57. The fourth-order valence-electron chi connectivity index (χ4n) is 3.40. The summed E-state index contributed by atoms with van der Waals surface area (Å²) in [6.45, 7) is 0. The van der Waals surface area contributed by atoms with Crippen LogP contribution in [0, 0.1) is 0 Å². The number of halogens is 2. The highest BCUT2D eigenvalue weighted by atomic mass is 35.5. The molecule has 4 heteroatoms. The molecule has 2 N–H and O–H groups in total. The van der Waals surface area contributed by atoms with E-state index in [4.69, 9.17) is 28.9 Å². The fourth-order valence-corrected chi connectivity index (χ4v) is 3.99. The maximum Gasteiger partial charge on any atom is 0.232 e. The molecule has 0 saturated heterocycles. The van der Waals surface area contributed by atoms with E-state index in [0.717, 1.165) is 23.1 Å². The maximum atomic E-state index is 11.9. The topological polar surface area (TPSA) is 43.1 Å². The van der Waals surface area contributed by atoms with E-state index in [0.29, 0.717) is 6.42 Å². The number of carbonyl (C=O) groups is 1. The Balaban J connectivity index is 2.36. The smallest absolute Gasteiger partial charge is 0.232 e. The molecule has 1 aromatic rings. The van der Waals surface area contributed by atoms with Crippen LogP contribution in [-0.2, 0) is 10.2 Å². The van der Waals surface area contributed by atoms with Gasteiger partial charge in [-0.25, -0.2) is 0 Å². The molecule has 88 valence electrons. The Hall–Kier alpha value is -0.990. The number of benzene rings is 1. The molecule has 2 aliphatic carbocycles. The molecule has 0 aromatic heterocycles. The van der Waals surface area contributed by atoms with Crippen LogP contribution < -0.4 is 5.73 Å². The zero-order valence-corrected chi connectivity index (χ0v) is 10.6. The van der Waals surface area contributed by atoms with Gasteiger partial charge in [0.25, 0.3) is 0 Å². The first-order valence-electron chi connectivity index (χ1n) is 5.54. The van der Waals surface area contributed by atoms with Crippen LogP contribution in [-0.4, -0.2) is 5.91 Å². The van der Waals surface area contributed by atoms with E-state index in [9.17, 15) is 4.79 Å². The van der Waals surface area contributed by atoms with Crippen LogP contribution in [0.4, 0.5) is 0 Å². The number of primary amides is 1. The third kappa shape index (κ3) is 1.20. The molecule has 2 aliphatic rings. The van der Waals surface area contributed by atoms with Crippen LogP contribution >= 0.6 is 23.2 Å². The van der Waals surface area contributed by atoms with Crippen molar-refractivity contribution in [1.82, 2.24) is 0 Å². The number of hydrogen-bond donors (Lipinski definition) is 1. The molecule has 2 nitrogen and oxygen atoms in total. The van der Waals surface area contributed by atoms with Crippen molar-refractivity contribution in [2.75, 3.05) is 0 Å². The van der Waals surface area contributed by atoms with Crippen molar-refractivity contribution < 1.29 is 4.79 Å². The zero-order chi connectivity index (χ0) is 12.2. The Morgan fingerprint density at radius 3 is 2.71 bits per heavy atom. The van der Waals surface area contributed by atoms with E-state index in [-0.39, 0.29) is 16.3 Å². The molecule has 1 aromatic carbocycles. The molecule has 0 heterocycles. The molecule has 1 amide bonds. The standard InChI is InChI=1S/C13H11Cl2NO/c14-11(15)10-8-5-6-13(10,12(16)17)9-4-2-1-3-7(8)9/h1-4,8H,5-6H2,(H2,16,17). The van der Waals surface area contributed by atoms with Crippen molar-refractivity contribution in [2.24, 2.45) is 5.73 Å². The molecule has 1 saturated carbocycles. The third-order valence-electron chi connectivity index (χ3n) is 4.04. The Morgan fingerprint density at radius 2 is 2.06 bits per heavy atom. The summed E-state index contributed by atoms with van der Waals surface area (Å²) in [7, 11) is 0. The molecular weight excluding hydrogens is 257 g/mol. The Bertz CT molecular complexity index is 548. The summed E-state index contributed by atoms with van der Waals surface area (Å²) in [5, 5.41) is 0. The van der Waals surface area contributed by atoms with E-state index in [1.165, 1.54) is 0 Å². The van der Waals surface area contributed by atoms with Crippen molar-refractivity contribution >= 4 is 29.1 Å². The molecule has 2 unspecified atom stereocenters. The lowest BCUT2D eigenvalue weighted by atomic mass is 9.77. The number of nitrogens with two attached hydrogens (primary N) is 1. The first kappa shape index (κ1) is 11.1. The second-order valence-electron chi connectivity index (χ2n) is 4.62. The largest absolute Gasteiger partial charge is 0.369 e. The minimum absolute atomic E-state index is 0.156. The molecule has 17 heavy (non-hydrogen) atoms. The Morgan fingerprint density at radius 1 is 1.35 bits per heavy atom. The van der Waals surface area contributed by atoms with Gasteiger partial charge in [-0.3, -0.25) is 4.79 Å². The zero-order valence-electron chi connectivity index (χ0n) is 9.04. The Kier molecular flexibility index (Phi) is 2.29. The average molecular weight is 268 g/mol. The van der Waals surface area contributed by atoms with Gasteiger partial charge in [-0.2, -0.15) is 0 Å². The summed E-state index contributed by atoms with van der Waals surface area (Å²) < 4.78 is 0.197. The quantitative estimate of drug-likeness (QED) is 0.835. The first-order valence-corrected chi connectivity index (χ1v) is 6.29. The summed E-state index contributed by atoms with van der Waals surface area (Å²) in [6, 6.07) is 7.87. The van der Waals surface area contributed by atoms with Crippen molar-refractivity contribution in [2.45, 2.75) is 24.2 Å². The number of fused-ring (bicyclic) bond motifs is 5. The monoisotopic (exact) mass is 267 g/mol. The van der Waals surface area contributed by atoms with Crippen molar-refractivity contribution in [3.63, 3.8) is 0 Å². The van der Waals surface area contributed by atoms with Gasteiger partial charge in [0.1, 0.15) is 4.49 Å². The summed E-state index contributed by atoms with van der Waals surface area (Å²) in [5.41, 5.74) is 7.79. The van der Waals surface area contributed by atoms with Gasteiger partial charge in [0, 0.05) is 5.92 Å². The van der Waals surface area contributed by atoms with Gasteiger partial charge < -0.3 is 5.73 Å². The van der Waals surface area contributed by atoms with Crippen molar-refractivity contribution in [3.05, 3.63) is 45.5 Å². The minimum Gasteiger partial charge on any atom is -0.369 e. The highest BCUT2D eigenvalue weighted by Crippen LogP contribution is 2.62. The number of rotatable bonds is 1. The fraction of sp³-hybridized carbons (Fsp3) is 0.308. The van der Waals surface area contributed by atoms with Crippen molar-refractivity contribution in [3.8, 4) is 0 Å². The summed E-state index contributed by atoms with van der Waals surface area (Å²) >= 11 is 11.9. The maximum absolute atomic E-state index is 11.9. The normalized spacial score (nSPS) is 29.3. The highest BCUT2D eigenvalue weighted by Gasteiger charge is 2.57. The molecule has 3 rings (SSSR count). The van der Waals surface area contributed by atoms with Crippen LogP contribution in [0.5, 0.6) is 0 Å².